The Balaban J connectivity index is 1.40. The van der Waals surface area contributed by atoms with Gasteiger partial charge in [0.15, 0.2) is 5.96 Å². The van der Waals surface area contributed by atoms with Gasteiger partial charge in [-0.15, -0.1) is 0 Å². The molecule has 7 nitrogen and oxygen atoms in total. The van der Waals surface area contributed by atoms with Crippen LogP contribution in [-0.4, -0.2) is 67.2 Å². The topological polar surface area (TPSA) is 65.9 Å². The van der Waals surface area contributed by atoms with Gasteiger partial charge < -0.3 is 19.9 Å². The summed E-state index contributed by atoms with van der Waals surface area (Å²) in [6.07, 6.45) is 3.57. The molecule has 0 spiro atoms. The average molecular weight is 383 g/mol. The Labute approximate surface area is 167 Å². The van der Waals surface area contributed by atoms with Gasteiger partial charge >= 0.3 is 0 Å². The van der Waals surface area contributed by atoms with Crippen LogP contribution in [0.3, 0.4) is 0 Å². The van der Waals surface area contributed by atoms with E-state index >= 15 is 0 Å². The van der Waals surface area contributed by atoms with E-state index in [2.05, 4.69) is 56.1 Å². The lowest BCUT2D eigenvalue weighted by Crippen LogP contribution is -2.53. The number of ether oxygens (including phenoxy) is 1. The van der Waals surface area contributed by atoms with Gasteiger partial charge in [-0.25, -0.2) is 9.97 Å². The first-order valence-electron chi connectivity index (χ1n) is 9.87. The predicted octanol–water partition coefficient (Wildman–Crippen LogP) is 2.38. The number of anilines is 1. The van der Waals surface area contributed by atoms with Crippen molar-refractivity contribution in [2.75, 3.05) is 51.3 Å². The van der Waals surface area contributed by atoms with E-state index in [1.807, 2.05) is 25.2 Å². The van der Waals surface area contributed by atoms with E-state index < -0.39 is 0 Å². The van der Waals surface area contributed by atoms with Crippen molar-refractivity contribution in [3.05, 3.63) is 48.3 Å². The van der Waals surface area contributed by atoms with E-state index in [9.17, 15) is 0 Å². The summed E-state index contributed by atoms with van der Waals surface area (Å²) in [4.78, 5) is 17.5. The lowest BCUT2D eigenvalue weighted by molar-refractivity contribution is 0.314. The van der Waals surface area contributed by atoms with Crippen molar-refractivity contribution < 1.29 is 4.74 Å². The third-order valence-corrected chi connectivity index (χ3v) is 4.83. The second kappa shape index (κ2) is 9.92. The zero-order valence-corrected chi connectivity index (χ0v) is 17.0. The monoisotopic (exact) mass is 382 g/mol. The Morgan fingerprint density at radius 1 is 1.11 bits per heavy atom. The lowest BCUT2D eigenvalue weighted by Gasteiger charge is -2.36. The normalized spacial score (nSPS) is 15.1. The summed E-state index contributed by atoms with van der Waals surface area (Å²) in [6.45, 7) is 9.21. The van der Waals surface area contributed by atoms with Crippen LogP contribution in [0.1, 0.15) is 25.3 Å². The first-order chi connectivity index (χ1) is 13.7. The maximum atomic E-state index is 5.84. The van der Waals surface area contributed by atoms with Crippen molar-refractivity contribution in [1.82, 2.24) is 20.2 Å². The number of hydrogen-bond acceptors (Lipinski definition) is 5. The zero-order chi connectivity index (χ0) is 19.8. The summed E-state index contributed by atoms with van der Waals surface area (Å²) in [6, 6.07) is 10.2. The van der Waals surface area contributed by atoms with Crippen molar-refractivity contribution in [2.24, 2.45) is 4.99 Å². The van der Waals surface area contributed by atoms with Gasteiger partial charge in [-0.1, -0.05) is 26.0 Å². The number of aliphatic imine (C=N–C) groups is 1. The van der Waals surface area contributed by atoms with Crippen LogP contribution in [0.15, 0.2) is 47.7 Å². The van der Waals surface area contributed by atoms with E-state index in [1.165, 1.54) is 5.56 Å². The molecule has 0 radical (unpaired) electrons. The largest absolute Gasteiger partial charge is 0.492 e. The first kappa shape index (κ1) is 19.9. The van der Waals surface area contributed by atoms with E-state index in [-0.39, 0.29) is 0 Å². The molecule has 1 aliphatic rings. The van der Waals surface area contributed by atoms with Crippen LogP contribution in [0.4, 0.5) is 5.95 Å². The summed E-state index contributed by atoms with van der Waals surface area (Å²) in [5, 5.41) is 3.39. The molecule has 150 valence electrons. The number of piperazine rings is 1. The fraction of sp³-hybridized carbons (Fsp3) is 0.476. The molecule has 1 fully saturated rings. The maximum absolute atomic E-state index is 5.84. The number of hydrogen-bond donors (Lipinski definition) is 1. The highest BCUT2D eigenvalue weighted by Gasteiger charge is 2.20. The molecule has 0 bridgehead atoms. The molecule has 7 heteroatoms. The molecule has 3 rings (SSSR count). The minimum atomic E-state index is 0.535. The molecule has 1 saturated heterocycles. The molecule has 2 heterocycles. The van der Waals surface area contributed by atoms with E-state index in [0.29, 0.717) is 19.1 Å². The van der Waals surface area contributed by atoms with E-state index in [0.717, 1.165) is 43.8 Å². The summed E-state index contributed by atoms with van der Waals surface area (Å²) < 4.78 is 5.84. The van der Waals surface area contributed by atoms with Crippen LogP contribution in [0.5, 0.6) is 5.75 Å². The lowest BCUT2D eigenvalue weighted by atomic mass is 10.0. The molecule has 0 amide bonds. The maximum Gasteiger partial charge on any atom is 0.225 e. The predicted molar refractivity (Wildman–Crippen MR) is 113 cm³/mol. The number of guanidine groups is 1. The number of nitrogens with zero attached hydrogens (tertiary/aromatic N) is 5. The molecule has 1 aliphatic heterocycles. The van der Waals surface area contributed by atoms with Gasteiger partial charge in [0.1, 0.15) is 12.4 Å². The molecule has 0 atom stereocenters. The standard InChI is InChI=1S/C21H30N6O/c1-17(2)18-5-7-19(8-6-18)28-16-11-25-20(22-3)26-12-14-27(15-13-26)21-23-9-4-10-24-21/h4-10,17H,11-16H2,1-3H3,(H,22,25). The van der Waals surface area contributed by atoms with Crippen molar-refractivity contribution in [3.8, 4) is 5.75 Å². The van der Waals surface area contributed by atoms with Gasteiger partial charge in [0.2, 0.25) is 5.95 Å². The molecular formula is C21H30N6O. The molecule has 0 saturated carbocycles. The van der Waals surface area contributed by atoms with Gasteiger partial charge in [-0.2, -0.15) is 0 Å². The van der Waals surface area contributed by atoms with Crippen molar-refractivity contribution in [1.29, 1.82) is 0 Å². The fourth-order valence-corrected chi connectivity index (χ4v) is 3.19. The highest BCUT2D eigenvalue weighted by Crippen LogP contribution is 2.18. The Kier molecular flexibility index (Phi) is 7.06. The van der Waals surface area contributed by atoms with Crippen molar-refractivity contribution in [3.63, 3.8) is 0 Å². The Morgan fingerprint density at radius 3 is 2.39 bits per heavy atom. The Bertz CT molecular complexity index is 739. The molecule has 28 heavy (non-hydrogen) atoms. The Hall–Kier alpha value is -2.83. The van der Waals surface area contributed by atoms with E-state index in [1.54, 1.807) is 12.4 Å². The summed E-state index contributed by atoms with van der Waals surface area (Å²) in [7, 11) is 1.82. The first-order valence-corrected chi connectivity index (χ1v) is 9.87. The highest BCUT2D eigenvalue weighted by atomic mass is 16.5. The third-order valence-electron chi connectivity index (χ3n) is 4.83. The Morgan fingerprint density at radius 2 is 1.79 bits per heavy atom. The van der Waals surface area contributed by atoms with E-state index in [4.69, 9.17) is 4.74 Å². The van der Waals surface area contributed by atoms with Crippen LogP contribution in [0.2, 0.25) is 0 Å². The van der Waals surface area contributed by atoms with Crippen LogP contribution < -0.4 is 15.0 Å². The molecule has 0 aliphatic carbocycles. The molecule has 0 unspecified atom stereocenters. The van der Waals surface area contributed by atoms with Crippen LogP contribution >= 0.6 is 0 Å². The second-order valence-corrected chi connectivity index (χ2v) is 7.07. The third kappa shape index (κ3) is 5.34. The number of benzene rings is 1. The molecule has 1 aromatic carbocycles. The molecule has 2 aromatic rings. The molecular weight excluding hydrogens is 352 g/mol. The minimum Gasteiger partial charge on any atom is -0.492 e. The highest BCUT2D eigenvalue weighted by molar-refractivity contribution is 5.80. The van der Waals surface area contributed by atoms with Gasteiger partial charge in [-0.05, 0) is 29.7 Å². The van der Waals surface area contributed by atoms with Crippen molar-refractivity contribution in [2.45, 2.75) is 19.8 Å². The quantitative estimate of drug-likeness (QED) is 0.470. The number of nitrogens with one attached hydrogen (secondary N) is 1. The smallest absolute Gasteiger partial charge is 0.225 e. The second-order valence-electron chi connectivity index (χ2n) is 7.07. The van der Waals surface area contributed by atoms with Gasteiger partial charge in [0, 0.05) is 45.6 Å². The number of aromatic nitrogens is 2. The van der Waals surface area contributed by atoms with Gasteiger partial charge in [0.05, 0.1) is 6.54 Å². The molecule has 1 N–H and O–H groups in total. The zero-order valence-electron chi connectivity index (χ0n) is 17.0. The average Bonchev–Trinajstić information content (AvgIpc) is 2.75. The SMILES string of the molecule is CN=C(NCCOc1ccc(C(C)C)cc1)N1CCN(c2ncccn2)CC1. The molecule has 1 aromatic heterocycles. The minimum absolute atomic E-state index is 0.535. The summed E-state index contributed by atoms with van der Waals surface area (Å²) >= 11 is 0. The number of rotatable bonds is 6. The van der Waals surface area contributed by atoms with Crippen LogP contribution in [0, 0.1) is 0 Å². The summed E-state index contributed by atoms with van der Waals surface area (Å²) in [5.74, 6) is 3.14. The van der Waals surface area contributed by atoms with Crippen LogP contribution in [0.25, 0.3) is 0 Å². The van der Waals surface area contributed by atoms with Crippen LogP contribution in [-0.2, 0) is 0 Å². The summed E-state index contributed by atoms with van der Waals surface area (Å²) in [5.41, 5.74) is 1.32. The van der Waals surface area contributed by atoms with Gasteiger partial charge in [-0.3, -0.25) is 4.99 Å². The van der Waals surface area contributed by atoms with Crippen molar-refractivity contribution >= 4 is 11.9 Å². The fourth-order valence-electron chi connectivity index (χ4n) is 3.19. The van der Waals surface area contributed by atoms with Gasteiger partial charge in [0.25, 0.3) is 0 Å².